The monoisotopic (exact) mass is 401 g/mol. The second-order valence-electron chi connectivity index (χ2n) is 7.00. The maximum absolute atomic E-state index is 13.5. The Morgan fingerprint density at radius 1 is 0.857 bits per heavy atom. The van der Waals surface area contributed by atoms with Crippen molar-refractivity contribution in [1.29, 1.82) is 0 Å². The van der Waals surface area contributed by atoms with Crippen LogP contribution in [0.25, 0.3) is 0 Å². The number of allylic oxidation sites excluding steroid dienone is 2. The van der Waals surface area contributed by atoms with E-state index in [4.69, 9.17) is 0 Å². The molecule has 0 spiro atoms. The second-order valence-corrected chi connectivity index (χ2v) is 7.00. The third-order valence-electron chi connectivity index (χ3n) is 5.35. The predicted molar refractivity (Wildman–Crippen MR) is 89.2 cm³/mol. The highest BCUT2D eigenvalue weighted by atomic mass is 19.4. The van der Waals surface area contributed by atoms with Crippen molar-refractivity contribution in [2.75, 3.05) is 5.32 Å². The normalized spacial score (nSPS) is 23.9. The lowest BCUT2D eigenvalue weighted by molar-refractivity contribution is -0.139. The van der Waals surface area contributed by atoms with Gasteiger partial charge in [0.05, 0.1) is 17.2 Å². The van der Waals surface area contributed by atoms with Crippen LogP contribution in [0.4, 0.5) is 36.4 Å². The number of alkyl halides is 6. The molecule has 0 saturated carbocycles. The molecule has 0 aromatic heterocycles. The van der Waals surface area contributed by atoms with E-state index >= 15 is 0 Å². The molecule has 4 rings (SSSR count). The molecule has 2 aromatic rings. The smallest absolute Gasteiger partial charge is 0.378 e. The molecule has 2 aliphatic rings. The lowest BCUT2D eigenvalue weighted by Gasteiger charge is -2.38. The van der Waals surface area contributed by atoms with Crippen LogP contribution in [0.15, 0.2) is 48.6 Å². The van der Waals surface area contributed by atoms with Crippen molar-refractivity contribution in [1.82, 2.24) is 0 Å². The molecule has 1 aliphatic carbocycles. The van der Waals surface area contributed by atoms with E-state index in [1.165, 1.54) is 6.07 Å². The Morgan fingerprint density at radius 2 is 1.61 bits per heavy atom. The number of halogens is 7. The molecule has 0 radical (unpaired) electrons. The number of anilines is 1. The summed E-state index contributed by atoms with van der Waals surface area (Å²) in [6.45, 7) is 0. The van der Waals surface area contributed by atoms with Gasteiger partial charge in [0.1, 0.15) is 5.82 Å². The number of hydrogen-bond acceptors (Lipinski definition) is 1. The van der Waals surface area contributed by atoms with Gasteiger partial charge in [-0.1, -0.05) is 18.2 Å². The van der Waals surface area contributed by atoms with E-state index in [0.29, 0.717) is 23.7 Å². The average molecular weight is 401 g/mol. The van der Waals surface area contributed by atoms with E-state index in [-0.39, 0.29) is 5.56 Å². The highest BCUT2D eigenvalue weighted by Crippen LogP contribution is 2.52. The lowest BCUT2D eigenvalue weighted by atomic mass is 9.75. The Morgan fingerprint density at radius 3 is 2.29 bits per heavy atom. The standard InChI is InChI=1S/C20H14F7N/c21-11-5-6-14(16(9-11)20(25,26)27)18-13-3-1-2-12(13)15-8-10(19(22,23)24)4-7-17(15)28-18/h1-2,4-9,12-13,18,28H,3H2. The molecule has 0 amide bonds. The Bertz CT molecular complexity index is 943. The Labute approximate surface area is 155 Å². The summed E-state index contributed by atoms with van der Waals surface area (Å²) in [6, 6.07) is 4.90. The van der Waals surface area contributed by atoms with Crippen molar-refractivity contribution in [2.24, 2.45) is 5.92 Å². The number of rotatable bonds is 1. The average Bonchev–Trinajstić information content (AvgIpc) is 3.09. The van der Waals surface area contributed by atoms with Crippen LogP contribution in [0.5, 0.6) is 0 Å². The zero-order chi connectivity index (χ0) is 20.3. The first-order valence-corrected chi connectivity index (χ1v) is 8.56. The third-order valence-corrected chi connectivity index (χ3v) is 5.35. The van der Waals surface area contributed by atoms with Crippen molar-refractivity contribution >= 4 is 5.69 Å². The van der Waals surface area contributed by atoms with Gasteiger partial charge in [-0.2, -0.15) is 26.3 Å². The highest BCUT2D eigenvalue weighted by molar-refractivity contribution is 5.61. The molecule has 0 fully saturated rings. The van der Waals surface area contributed by atoms with Crippen LogP contribution in [-0.4, -0.2) is 0 Å². The Hall–Kier alpha value is -2.51. The van der Waals surface area contributed by atoms with Gasteiger partial charge in [0.15, 0.2) is 0 Å². The van der Waals surface area contributed by atoms with E-state index in [9.17, 15) is 30.7 Å². The van der Waals surface area contributed by atoms with E-state index < -0.39 is 47.2 Å². The van der Waals surface area contributed by atoms with Gasteiger partial charge in [0, 0.05) is 11.6 Å². The second kappa shape index (κ2) is 6.25. The number of nitrogens with one attached hydrogen (secondary N) is 1. The first kappa shape index (κ1) is 18.8. The van der Waals surface area contributed by atoms with E-state index in [0.717, 1.165) is 24.3 Å². The molecule has 1 nitrogen and oxygen atoms in total. The van der Waals surface area contributed by atoms with Gasteiger partial charge in [-0.05, 0) is 53.8 Å². The summed E-state index contributed by atoms with van der Waals surface area (Å²) in [5.41, 5.74) is -1.24. The topological polar surface area (TPSA) is 12.0 Å². The molecule has 148 valence electrons. The van der Waals surface area contributed by atoms with Crippen LogP contribution in [0.3, 0.4) is 0 Å². The van der Waals surface area contributed by atoms with Crippen LogP contribution in [0.1, 0.15) is 40.6 Å². The van der Waals surface area contributed by atoms with E-state index in [1.54, 1.807) is 12.2 Å². The van der Waals surface area contributed by atoms with Crippen molar-refractivity contribution in [3.63, 3.8) is 0 Å². The van der Waals surface area contributed by atoms with E-state index in [1.807, 2.05) is 0 Å². The highest BCUT2D eigenvalue weighted by Gasteiger charge is 2.43. The third kappa shape index (κ3) is 3.14. The molecule has 0 saturated heterocycles. The van der Waals surface area contributed by atoms with Gasteiger partial charge in [0.2, 0.25) is 0 Å². The van der Waals surface area contributed by atoms with Crippen molar-refractivity contribution in [3.05, 3.63) is 76.6 Å². The quantitative estimate of drug-likeness (QED) is 0.415. The van der Waals surface area contributed by atoms with Crippen LogP contribution < -0.4 is 5.32 Å². The summed E-state index contributed by atoms with van der Waals surface area (Å²) >= 11 is 0. The van der Waals surface area contributed by atoms with Gasteiger partial charge >= 0.3 is 12.4 Å². The Kier molecular flexibility index (Phi) is 4.21. The molecule has 1 aliphatic heterocycles. The van der Waals surface area contributed by atoms with E-state index in [2.05, 4.69) is 5.32 Å². The summed E-state index contributed by atoms with van der Waals surface area (Å²) in [6.07, 6.45) is -5.36. The summed E-state index contributed by atoms with van der Waals surface area (Å²) in [4.78, 5) is 0. The summed E-state index contributed by atoms with van der Waals surface area (Å²) in [5.74, 6) is -1.85. The first-order valence-electron chi connectivity index (χ1n) is 8.56. The molecule has 0 bridgehead atoms. The molecule has 1 heterocycles. The molecule has 1 N–H and O–H groups in total. The summed E-state index contributed by atoms with van der Waals surface area (Å²) in [5, 5.41) is 2.97. The van der Waals surface area contributed by atoms with Crippen molar-refractivity contribution in [2.45, 2.75) is 30.7 Å². The minimum atomic E-state index is -4.75. The molecule has 8 heteroatoms. The van der Waals surface area contributed by atoms with Crippen LogP contribution in [0, 0.1) is 11.7 Å². The number of benzene rings is 2. The molecular weight excluding hydrogens is 387 g/mol. The van der Waals surface area contributed by atoms with Crippen molar-refractivity contribution in [3.8, 4) is 0 Å². The minimum Gasteiger partial charge on any atom is -0.378 e. The number of fused-ring (bicyclic) bond motifs is 3. The summed E-state index contributed by atoms with van der Waals surface area (Å²) in [7, 11) is 0. The Balaban J connectivity index is 1.82. The fourth-order valence-corrected chi connectivity index (χ4v) is 4.12. The maximum Gasteiger partial charge on any atom is 0.416 e. The summed E-state index contributed by atoms with van der Waals surface area (Å²) < 4.78 is 93.1. The fourth-order valence-electron chi connectivity index (χ4n) is 4.12. The van der Waals surface area contributed by atoms with Gasteiger partial charge in [-0.25, -0.2) is 4.39 Å². The maximum atomic E-state index is 13.5. The molecule has 3 atom stereocenters. The molecule has 28 heavy (non-hydrogen) atoms. The molecular formula is C20H14F7N. The van der Waals surface area contributed by atoms with Gasteiger partial charge in [0.25, 0.3) is 0 Å². The molecule has 3 unspecified atom stereocenters. The van der Waals surface area contributed by atoms with Crippen LogP contribution >= 0.6 is 0 Å². The van der Waals surface area contributed by atoms with Gasteiger partial charge in [-0.15, -0.1) is 0 Å². The van der Waals surface area contributed by atoms with Gasteiger partial charge in [-0.3, -0.25) is 0 Å². The molecule has 2 aromatic carbocycles. The number of hydrogen-bond donors (Lipinski definition) is 1. The van der Waals surface area contributed by atoms with Crippen LogP contribution in [0.2, 0.25) is 0 Å². The predicted octanol–water partition coefficient (Wildman–Crippen LogP) is 6.69. The SMILES string of the molecule is Fc1ccc(C2Nc3ccc(C(F)(F)F)cc3C3C=CCC32)c(C(F)(F)F)c1. The van der Waals surface area contributed by atoms with Crippen molar-refractivity contribution < 1.29 is 30.7 Å². The largest absolute Gasteiger partial charge is 0.416 e. The minimum absolute atomic E-state index is 0.113. The van der Waals surface area contributed by atoms with Gasteiger partial charge < -0.3 is 5.32 Å². The fraction of sp³-hybridized carbons (Fsp3) is 0.300. The first-order chi connectivity index (χ1) is 13.1. The zero-order valence-electron chi connectivity index (χ0n) is 14.2. The zero-order valence-corrected chi connectivity index (χ0v) is 14.2. The lowest BCUT2D eigenvalue weighted by Crippen LogP contribution is -2.31. The van der Waals surface area contributed by atoms with Crippen LogP contribution in [-0.2, 0) is 12.4 Å².